The van der Waals surface area contributed by atoms with Gasteiger partial charge in [-0.25, -0.2) is 8.42 Å². The van der Waals surface area contributed by atoms with Crippen LogP contribution in [0, 0.1) is 10.1 Å². The smallest absolute Gasteiger partial charge is 0.293 e. The van der Waals surface area contributed by atoms with Crippen molar-refractivity contribution in [2.45, 2.75) is 18.9 Å². The molecule has 1 heterocycles. The summed E-state index contributed by atoms with van der Waals surface area (Å²) in [7, 11) is -3.03. The Hall–Kier alpha value is -1.15. The van der Waals surface area contributed by atoms with Crippen LogP contribution in [-0.4, -0.2) is 30.9 Å². The molecule has 1 atom stereocenters. The number of hydrogen-bond donors (Lipinski definition) is 1. The molecule has 1 N–H and O–H groups in total. The number of nitrogens with zero attached hydrogens (tertiary/aromatic N) is 1. The van der Waals surface area contributed by atoms with Gasteiger partial charge in [0.1, 0.15) is 5.69 Å². The summed E-state index contributed by atoms with van der Waals surface area (Å²) in [5.74, 6) is 0.230. The van der Waals surface area contributed by atoms with Crippen LogP contribution in [0.3, 0.4) is 0 Å². The second-order valence-electron chi connectivity index (χ2n) is 4.52. The summed E-state index contributed by atoms with van der Waals surface area (Å²) < 4.78 is 23.7. The van der Waals surface area contributed by atoms with E-state index in [0.717, 1.165) is 0 Å². The minimum Gasteiger partial charge on any atom is -0.376 e. The first kappa shape index (κ1) is 14.3. The van der Waals surface area contributed by atoms with Gasteiger partial charge in [0, 0.05) is 16.6 Å². The van der Waals surface area contributed by atoms with Gasteiger partial charge in [0.25, 0.3) is 5.69 Å². The van der Waals surface area contributed by atoms with Crippen molar-refractivity contribution >= 4 is 37.1 Å². The molecule has 0 radical (unpaired) electrons. The van der Waals surface area contributed by atoms with Gasteiger partial charge >= 0.3 is 0 Å². The van der Waals surface area contributed by atoms with Gasteiger partial charge in [-0.2, -0.15) is 0 Å². The summed E-state index contributed by atoms with van der Waals surface area (Å²) in [5, 5.41) is 13.9. The number of nitrogens with one attached hydrogen (secondary N) is 1. The standard InChI is InChI=1S/C11H13BrN2O4S/c12-8-3-4-10(11(6-8)14(15)16)13-9-2-1-5-19(17,18)7-9/h3-4,6,9,13H,1-2,5,7H2. The molecule has 1 aromatic carbocycles. The van der Waals surface area contributed by atoms with Crippen molar-refractivity contribution in [1.29, 1.82) is 0 Å². The molecule has 0 amide bonds. The molecule has 104 valence electrons. The summed E-state index contributed by atoms with van der Waals surface area (Å²) in [6.45, 7) is 0. The van der Waals surface area contributed by atoms with E-state index in [0.29, 0.717) is 23.0 Å². The molecule has 0 spiro atoms. The minimum absolute atomic E-state index is 0.0280. The summed E-state index contributed by atoms with van der Waals surface area (Å²) in [6.07, 6.45) is 1.29. The third-order valence-corrected chi connectivity index (χ3v) is 5.29. The number of sulfone groups is 1. The van der Waals surface area contributed by atoms with Gasteiger partial charge < -0.3 is 5.32 Å². The molecule has 1 unspecified atom stereocenters. The van der Waals surface area contributed by atoms with Crippen molar-refractivity contribution in [3.05, 3.63) is 32.8 Å². The molecular formula is C11H13BrN2O4S. The van der Waals surface area contributed by atoms with Crippen LogP contribution < -0.4 is 5.32 Å². The Labute approximate surface area is 119 Å². The van der Waals surface area contributed by atoms with Crippen molar-refractivity contribution in [2.75, 3.05) is 16.8 Å². The summed E-state index contributed by atoms with van der Waals surface area (Å²) in [4.78, 5) is 10.5. The average molecular weight is 349 g/mol. The van der Waals surface area contributed by atoms with E-state index in [2.05, 4.69) is 21.2 Å². The zero-order valence-electron chi connectivity index (χ0n) is 10.0. The van der Waals surface area contributed by atoms with E-state index in [9.17, 15) is 18.5 Å². The maximum atomic E-state index is 11.5. The molecular weight excluding hydrogens is 336 g/mol. The van der Waals surface area contributed by atoms with Gasteiger partial charge in [0.05, 0.1) is 16.4 Å². The summed E-state index contributed by atoms with van der Waals surface area (Å²) >= 11 is 3.18. The summed E-state index contributed by atoms with van der Waals surface area (Å²) in [6, 6.07) is 4.41. The van der Waals surface area contributed by atoms with Gasteiger partial charge in [-0.1, -0.05) is 15.9 Å². The maximum absolute atomic E-state index is 11.5. The highest BCUT2D eigenvalue weighted by Gasteiger charge is 2.26. The van der Waals surface area contributed by atoms with E-state index in [4.69, 9.17) is 0 Å². The number of benzene rings is 1. The van der Waals surface area contributed by atoms with E-state index in [1.54, 1.807) is 12.1 Å². The number of hydrogen-bond acceptors (Lipinski definition) is 5. The second-order valence-corrected chi connectivity index (χ2v) is 7.66. The largest absolute Gasteiger partial charge is 0.376 e. The van der Waals surface area contributed by atoms with Gasteiger partial charge in [0.15, 0.2) is 9.84 Å². The topological polar surface area (TPSA) is 89.3 Å². The lowest BCUT2D eigenvalue weighted by molar-refractivity contribution is -0.384. The molecule has 6 nitrogen and oxygen atoms in total. The Bertz CT molecular complexity index is 603. The van der Waals surface area contributed by atoms with Crippen molar-refractivity contribution in [2.24, 2.45) is 0 Å². The highest BCUT2D eigenvalue weighted by molar-refractivity contribution is 9.10. The molecule has 1 saturated heterocycles. The predicted octanol–water partition coefficient (Wildman–Crippen LogP) is 2.35. The van der Waals surface area contributed by atoms with Crippen molar-refractivity contribution in [3.8, 4) is 0 Å². The Morgan fingerprint density at radius 1 is 1.42 bits per heavy atom. The van der Waals surface area contributed by atoms with Crippen LogP contribution in [-0.2, 0) is 9.84 Å². The van der Waals surface area contributed by atoms with Crippen molar-refractivity contribution in [1.82, 2.24) is 0 Å². The number of nitro benzene ring substituents is 1. The quantitative estimate of drug-likeness (QED) is 0.668. The van der Waals surface area contributed by atoms with Gasteiger partial charge in [0.2, 0.25) is 0 Å². The van der Waals surface area contributed by atoms with Crippen LogP contribution in [0.15, 0.2) is 22.7 Å². The molecule has 1 aliphatic heterocycles. The first-order valence-corrected chi connectivity index (χ1v) is 8.40. The van der Waals surface area contributed by atoms with E-state index in [-0.39, 0.29) is 23.2 Å². The van der Waals surface area contributed by atoms with E-state index in [1.807, 2.05) is 0 Å². The van der Waals surface area contributed by atoms with Crippen LogP contribution in [0.1, 0.15) is 12.8 Å². The first-order chi connectivity index (χ1) is 8.87. The molecule has 8 heteroatoms. The Morgan fingerprint density at radius 3 is 2.79 bits per heavy atom. The fraction of sp³-hybridized carbons (Fsp3) is 0.455. The Morgan fingerprint density at radius 2 is 2.16 bits per heavy atom. The van der Waals surface area contributed by atoms with E-state index < -0.39 is 14.8 Å². The monoisotopic (exact) mass is 348 g/mol. The third kappa shape index (κ3) is 3.66. The van der Waals surface area contributed by atoms with E-state index in [1.165, 1.54) is 6.07 Å². The molecule has 0 aromatic heterocycles. The highest BCUT2D eigenvalue weighted by atomic mass is 79.9. The molecule has 0 bridgehead atoms. The number of nitro groups is 1. The van der Waals surface area contributed by atoms with Crippen LogP contribution in [0.2, 0.25) is 0 Å². The number of halogens is 1. The molecule has 19 heavy (non-hydrogen) atoms. The van der Waals surface area contributed by atoms with Gasteiger partial charge in [-0.05, 0) is 25.0 Å². The fourth-order valence-corrected chi connectivity index (χ4v) is 4.12. The fourth-order valence-electron chi connectivity index (χ4n) is 2.13. The van der Waals surface area contributed by atoms with Gasteiger partial charge in [-0.15, -0.1) is 0 Å². The van der Waals surface area contributed by atoms with Crippen LogP contribution in [0.25, 0.3) is 0 Å². The lowest BCUT2D eigenvalue weighted by Crippen LogP contribution is -2.34. The van der Waals surface area contributed by atoms with E-state index >= 15 is 0 Å². The van der Waals surface area contributed by atoms with Crippen molar-refractivity contribution in [3.63, 3.8) is 0 Å². The van der Waals surface area contributed by atoms with Crippen LogP contribution >= 0.6 is 15.9 Å². The van der Waals surface area contributed by atoms with Crippen LogP contribution in [0.4, 0.5) is 11.4 Å². The molecule has 2 rings (SSSR count). The second kappa shape index (κ2) is 5.46. The van der Waals surface area contributed by atoms with Gasteiger partial charge in [-0.3, -0.25) is 10.1 Å². The zero-order chi connectivity index (χ0) is 14.0. The first-order valence-electron chi connectivity index (χ1n) is 5.78. The summed E-state index contributed by atoms with van der Waals surface area (Å²) in [5.41, 5.74) is 0.299. The normalized spacial score (nSPS) is 21.8. The minimum atomic E-state index is -3.03. The molecule has 0 saturated carbocycles. The lowest BCUT2D eigenvalue weighted by Gasteiger charge is -2.23. The predicted molar refractivity (Wildman–Crippen MR) is 76.1 cm³/mol. The molecule has 0 aliphatic carbocycles. The third-order valence-electron chi connectivity index (χ3n) is 2.98. The molecule has 1 aromatic rings. The number of anilines is 1. The SMILES string of the molecule is O=[N+]([O-])c1cc(Br)ccc1NC1CCCS(=O)(=O)C1. The van der Waals surface area contributed by atoms with Crippen molar-refractivity contribution < 1.29 is 13.3 Å². The molecule has 1 fully saturated rings. The maximum Gasteiger partial charge on any atom is 0.293 e. The van der Waals surface area contributed by atoms with Crippen LogP contribution in [0.5, 0.6) is 0 Å². The lowest BCUT2D eigenvalue weighted by atomic mass is 10.1. The average Bonchev–Trinajstić information content (AvgIpc) is 2.30. The Kier molecular flexibility index (Phi) is 4.10. The zero-order valence-corrected chi connectivity index (χ0v) is 12.4. The number of rotatable bonds is 3. The molecule has 1 aliphatic rings. The Balaban J connectivity index is 2.21. The highest BCUT2D eigenvalue weighted by Crippen LogP contribution is 2.29.